The van der Waals surface area contributed by atoms with Crippen LogP contribution in [0.5, 0.6) is 11.5 Å². The normalized spacial score (nSPS) is 12.9. The number of halogens is 6. The van der Waals surface area contributed by atoms with Crippen molar-refractivity contribution in [3.05, 3.63) is 81.9 Å². The highest BCUT2D eigenvalue weighted by Crippen LogP contribution is 2.38. The van der Waals surface area contributed by atoms with Gasteiger partial charge in [-0.1, -0.05) is 27.7 Å². The van der Waals surface area contributed by atoms with Gasteiger partial charge < -0.3 is 10.2 Å². The molecule has 3 aromatic carbocycles. The molecule has 0 aliphatic rings. The average Bonchev–Trinajstić information content (AvgIpc) is 2.81. The van der Waals surface area contributed by atoms with E-state index in [0.717, 1.165) is 36.7 Å². The van der Waals surface area contributed by atoms with Crippen LogP contribution < -0.4 is 0 Å². The number of hydrogen-bond acceptors (Lipinski definition) is 4. The van der Waals surface area contributed by atoms with Gasteiger partial charge in [-0.15, -0.1) is 0 Å². The van der Waals surface area contributed by atoms with Gasteiger partial charge >= 0.3 is 12.4 Å². The highest BCUT2D eigenvalue weighted by molar-refractivity contribution is 5.88. The maximum Gasteiger partial charge on any atom is 0.416 e. The minimum absolute atomic E-state index is 0.0911. The number of phenols is 2. The van der Waals surface area contributed by atoms with Crippen molar-refractivity contribution < 1.29 is 36.6 Å². The summed E-state index contributed by atoms with van der Waals surface area (Å²) in [5, 5.41) is 20.9. The van der Waals surface area contributed by atoms with Crippen molar-refractivity contribution in [3.63, 3.8) is 0 Å². The summed E-state index contributed by atoms with van der Waals surface area (Å²) in [6.07, 6.45) is -6.93. The number of alkyl halides is 6. The van der Waals surface area contributed by atoms with Crippen LogP contribution in [0.15, 0.2) is 58.5 Å². The number of benzene rings is 3. The molecule has 4 nitrogen and oxygen atoms in total. The van der Waals surface area contributed by atoms with Crippen LogP contribution in [0, 0.1) is 0 Å². The lowest BCUT2D eigenvalue weighted by molar-refractivity contribution is -0.138. The average molecular weight is 537 g/mol. The Balaban J connectivity index is 1.88. The lowest BCUT2D eigenvalue weighted by Crippen LogP contribution is -2.07. The predicted octanol–water partition coefficient (Wildman–Crippen LogP) is 8.88. The van der Waals surface area contributed by atoms with Gasteiger partial charge in [-0.25, -0.2) is 0 Å². The van der Waals surface area contributed by atoms with E-state index in [4.69, 9.17) is 0 Å². The summed E-state index contributed by atoms with van der Waals surface area (Å²) in [4.78, 5) is 8.27. The van der Waals surface area contributed by atoms with Crippen molar-refractivity contribution >= 4 is 23.8 Å². The van der Waals surface area contributed by atoms with E-state index in [1.165, 1.54) is 24.3 Å². The second kappa shape index (κ2) is 10.9. The summed E-state index contributed by atoms with van der Waals surface area (Å²) in [5.74, 6) is -1.29. The SMILES string of the molecule is CC(C)c1cc(C(F)(F)F)cc(C=Nc2ccc(N=Cc3cc(C(F)(F)F)cc(C(C)C)c3O)cc2)c1O. The fourth-order valence-electron chi connectivity index (χ4n) is 3.68. The molecule has 0 saturated carbocycles. The molecule has 3 aromatic rings. The first kappa shape index (κ1) is 28.7. The molecule has 0 aromatic heterocycles. The second-order valence-electron chi connectivity index (χ2n) is 9.34. The van der Waals surface area contributed by atoms with Gasteiger partial charge in [0.2, 0.25) is 0 Å². The Bertz CT molecular complexity index is 1250. The highest BCUT2D eigenvalue weighted by Gasteiger charge is 2.33. The number of hydrogen-bond donors (Lipinski definition) is 2. The molecule has 0 unspecified atom stereocenters. The highest BCUT2D eigenvalue weighted by atomic mass is 19.4. The van der Waals surface area contributed by atoms with E-state index in [9.17, 15) is 36.6 Å². The molecule has 10 heteroatoms. The van der Waals surface area contributed by atoms with Gasteiger partial charge in [0.1, 0.15) is 11.5 Å². The first-order chi connectivity index (χ1) is 17.6. The van der Waals surface area contributed by atoms with E-state index in [1.807, 2.05) is 0 Å². The van der Waals surface area contributed by atoms with Gasteiger partial charge in [-0.2, -0.15) is 26.3 Å². The Morgan fingerprint density at radius 1 is 0.605 bits per heavy atom. The third-order valence-corrected chi connectivity index (χ3v) is 5.79. The van der Waals surface area contributed by atoms with Crippen molar-refractivity contribution in [2.45, 2.75) is 51.9 Å². The maximum atomic E-state index is 13.3. The van der Waals surface area contributed by atoms with Gasteiger partial charge in [0.15, 0.2) is 0 Å². The van der Waals surface area contributed by atoms with Crippen molar-refractivity contribution in [2.75, 3.05) is 0 Å². The molecule has 0 aliphatic carbocycles. The third-order valence-electron chi connectivity index (χ3n) is 5.79. The summed E-state index contributed by atoms with van der Waals surface area (Å²) >= 11 is 0. The Hall–Kier alpha value is -3.82. The maximum absolute atomic E-state index is 13.3. The van der Waals surface area contributed by atoms with E-state index in [-0.39, 0.29) is 45.6 Å². The molecule has 0 radical (unpaired) electrons. The number of rotatable bonds is 6. The third kappa shape index (κ3) is 6.73. The van der Waals surface area contributed by atoms with Crippen LogP contribution in [0.4, 0.5) is 37.7 Å². The van der Waals surface area contributed by atoms with Gasteiger partial charge in [-0.3, -0.25) is 9.98 Å². The second-order valence-corrected chi connectivity index (χ2v) is 9.34. The molecule has 0 heterocycles. The van der Waals surface area contributed by atoms with Crippen molar-refractivity contribution in [2.24, 2.45) is 9.98 Å². The number of nitrogens with zero attached hydrogens (tertiary/aromatic N) is 2. The van der Waals surface area contributed by atoms with E-state index < -0.39 is 23.5 Å². The standard InChI is InChI=1S/C28H26F6N2O2/c1-15(2)23-11-19(27(29,30)31)9-17(25(23)37)13-35-21-5-7-22(8-6-21)36-14-18-10-20(28(32,33)34)12-24(16(3)4)26(18)38/h5-16,37-38H,1-4H3. The lowest BCUT2D eigenvalue weighted by Gasteiger charge is -2.15. The van der Waals surface area contributed by atoms with Crippen LogP contribution in [0.2, 0.25) is 0 Å². The smallest absolute Gasteiger partial charge is 0.416 e. The Morgan fingerprint density at radius 2 is 0.921 bits per heavy atom. The molecule has 38 heavy (non-hydrogen) atoms. The fraction of sp³-hybridized carbons (Fsp3) is 0.286. The van der Waals surface area contributed by atoms with E-state index in [1.54, 1.807) is 27.7 Å². The van der Waals surface area contributed by atoms with Gasteiger partial charge in [0.05, 0.1) is 22.5 Å². The topological polar surface area (TPSA) is 65.2 Å². The quantitative estimate of drug-likeness (QED) is 0.244. The molecule has 2 N–H and O–H groups in total. The van der Waals surface area contributed by atoms with Crippen molar-refractivity contribution in [1.82, 2.24) is 0 Å². The van der Waals surface area contributed by atoms with Gasteiger partial charge in [0.25, 0.3) is 0 Å². The van der Waals surface area contributed by atoms with Crippen LogP contribution in [-0.4, -0.2) is 22.6 Å². The Kier molecular flexibility index (Phi) is 8.24. The molecule has 0 fully saturated rings. The molecule has 0 spiro atoms. The monoisotopic (exact) mass is 536 g/mol. The number of aliphatic imine (C=N–C) groups is 2. The van der Waals surface area contributed by atoms with E-state index >= 15 is 0 Å². The molecule has 0 saturated heterocycles. The largest absolute Gasteiger partial charge is 0.507 e. The Labute approximate surface area is 216 Å². The zero-order valence-corrected chi connectivity index (χ0v) is 21.0. The minimum Gasteiger partial charge on any atom is -0.507 e. The number of phenolic OH excluding ortho intramolecular Hbond substituents is 2. The molecular weight excluding hydrogens is 510 g/mol. The molecule has 0 amide bonds. The molecule has 202 valence electrons. The zero-order valence-electron chi connectivity index (χ0n) is 21.0. The van der Waals surface area contributed by atoms with E-state index in [2.05, 4.69) is 9.98 Å². The van der Waals surface area contributed by atoms with Gasteiger partial charge in [-0.05, 0) is 71.5 Å². The van der Waals surface area contributed by atoms with Crippen LogP contribution in [-0.2, 0) is 12.4 Å². The predicted molar refractivity (Wildman–Crippen MR) is 135 cm³/mol. The van der Waals surface area contributed by atoms with Crippen LogP contribution in [0.25, 0.3) is 0 Å². The van der Waals surface area contributed by atoms with Crippen LogP contribution in [0.1, 0.15) is 72.9 Å². The minimum atomic E-state index is -4.59. The lowest BCUT2D eigenvalue weighted by atomic mass is 9.96. The molecule has 0 bridgehead atoms. The molecular formula is C28H26F6N2O2. The Morgan fingerprint density at radius 3 is 1.18 bits per heavy atom. The zero-order chi connectivity index (χ0) is 28.4. The summed E-state index contributed by atoms with van der Waals surface area (Å²) in [6, 6.07) is 9.47. The molecule has 0 atom stereocenters. The molecule has 3 rings (SSSR count). The first-order valence-electron chi connectivity index (χ1n) is 11.6. The van der Waals surface area contributed by atoms with Crippen molar-refractivity contribution in [3.8, 4) is 11.5 Å². The van der Waals surface area contributed by atoms with Crippen LogP contribution in [0.3, 0.4) is 0 Å². The fourth-order valence-corrected chi connectivity index (χ4v) is 3.68. The van der Waals surface area contributed by atoms with Crippen molar-refractivity contribution in [1.29, 1.82) is 0 Å². The number of aromatic hydroxyl groups is 2. The summed E-state index contributed by atoms with van der Waals surface area (Å²) in [7, 11) is 0. The van der Waals surface area contributed by atoms with Gasteiger partial charge in [0, 0.05) is 23.6 Å². The molecule has 0 aliphatic heterocycles. The summed E-state index contributed by atoms with van der Waals surface area (Å²) < 4.78 is 79.8. The van der Waals surface area contributed by atoms with E-state index in [0.29, 0.717) is 11.4 Å². The first-order valence-corrected chi connectivity index (χ1v) is 11.6. The van der Waals surface area contributed by atoms with Crippen LogP contribution >= 0.6 is 0 Å². The summed E-state index contributed by atoms with van der Waals surface area (Å²) in [5.41, 5.74) is -1.01. The summed E-state index contributed by atoms with van der Waals surface area (Å²) in [6.45, 7) is 6.66.